The number of aromatic nitrogens is 4. The van der Waals surface area contributed by atoms with Gasteiger partial charge in [0.15, 0.2) is 16.1 Å². The van der Waals surface area contributed by atoms with E-state index in [9.17, 15) is 9.18 Å². The van der Waals surface area contributed by atoms with Gasteiger partial charge in [0.2, 0.25) is 5.88 Å². The van der Waals surface area contributed by atoms with Crippen molar-refractivity contribution in [3.05, 3.63) is 34.9 Å². The van der Waals surface area contributed by atoms with E-state index in [1.807, 2.05) is 6.92 Å². The molecule has 3 rings (SSSR count). The monoisotopic (exact) mass is 494 g/mol. The van der Waals surface area contributed by atoms with Crippen molar-refractivity contribution < 1.29 is 18.7 Å². The van der Waals surface area contributed by atoms with Crippen molar-refractivity contribution in [1.82, 2.24) is 19.9 Å². The summed E-state index contributed by atoms with van der Waals surface area (Å²) in [5, 5.41) is 6.13. The van der Waals surface area contributed by atoms with Crippen LogP contribution in [0.15, 0.2) is 23.5 Å². The molecule has 9 nitrogen and oxygen atoms in total. The van der Waals surface area contributed by atoms with E-state index in [4.69, 9.17) is 21.1 Å². The van der Waals surface area contributed by atoms with Gasteiger partial charge < -0.3 is 14.8 Å². The molecule has 1 amide bonds. The van der Waals surface area contributed by atoms with E-state index in [2.05, 4.69) is 30.6 Å². The van der Waals surface area contributed by atoms with Gasteiger partial charge in [0.1, 0.15) is 28.1 Å². The smallest absolute Gasteiger partial charge is 0.413 e. The number of rotatable bonds is 6. The summed E-state index contributed by atoms with van der Waals surface area (Å²) in [6, 6.07) is 3.11. The number of nitrogens with zero attached hydrogens (tertiary/aromatic N) is 4. The molecule has 0 saturated carbocycles. The standard InChI is InChI=1S/C21H24ClFN6O3S/c1-10(11-8-7-9-24-16(11)29-20(30)32-21(2,3)4)25-17-12-14(26-19(28-17)33-6)13(23)15(22)27-18(12)31-5/h7-10H,1-6H3,(H,24,29,30)(H,25,26,28)/t10-/m1/s1. The zero-order valence-corrected chi connectivity index (χ0v) is 20.6. The summed E-state index contributed by atoms with van der Waals surface area (Å²) in [6.45, 7) is 7.15. The first-order chi connectivity index (χ1) is 15.5. The molecule has 0 aliphatic heterocycles. The quantitative estimate of drug-likeness (QED) is 0.262. The van der Waals surface area contributed by atoms with Crippen LogP contribution in [-0.4, -0.2) is 45.0 Å². The average Bonchev–Trinajstić information content (AvgIpc) is 2.74. The predicted molar refractivity (Wildman–Crippen MR) is 127 cm³/mol. The summed E-state index contributed by atoms with van der Waals surface area (Å²) in [4.78, 5) is 29.2. The highest BCUT2D eigenvalue weighted by Crippen LogP contribution is 2.36. The second kappa shape index (κ2) is 9.92. The lowest BCUT2D eigenvalue weighted by Crippen LogP contribution is -2.28. The number of pyridine rings is 2. The highest BCUT2D eigenvalue weighted by molar-refractivity contribution is 7.98. The topological polar surface area (TPSA) is 111 Å². The van der Waals surface area contributed by atoms with Crippen LogP contribution in [0.5, 0.6) is 5.88 Å². The van der Waals surface area contributed by atoms with E-state index in [0.717, 1.165) is 0 Å². The fraction of sp³-hybridized carbons (Fsp3) is 0.381. The van der Waals surface area contributed by atoms with E-state index < -0.39 is 23.6 Å². The maximum absolute atomic E-state index is 14.8. The zero-order chi connectivity index (χ0) is 24.3. The van der Waals surface area contributed by atoms with Crippen LogP contribution in [0.2, 0.25) is 5.15 Å². The summed E-state index contributed by atoms with van der Waals surface area (Å²) in [7, 11) is 1.40. The number of hydrogen-bond acceptors (Lipinski definition) is 9. The third-order valence-corrected chi connectivity index (χ3v) is 5.14. The molecule has 0 aliphatic carbocycles. The molecule has 1 atom stereocenters. The normalized spacial score (nSPS) is 12.4. The zero-order valence-electron chi connectivity index (χ0n) is 19.0. The van der Waals surface area contributed by atoms with E-state index in [0.29, 0.717) is 22.4 Å². The van der Waals surface area contributed by atoms with Crippen LogP contribution >= 0.6 is 23.4 Å². The Morgan fingerprint density at radius 2 is 1.97 bits per heavy atom. The number of carbonyl (C=O) groups excluding carboxylic acids is 1. The number of carbonyl (C=O) groups is 1. The number of amides is 1. The first-order valence-electron chi connectivity index (χ1n) is 9.90. The Hall–Kier alpha value is -2.92. The third-order valence-electron chi connectivity index (χ3n) is 4.35. The highest BCUT2D eigenvalue weighted by Gasteiger charge is 2.23. The maximum Gasteiger partial charge on any atom is 0.413 e. The summed E-state index contributed by atoms with van der Waals surface area (Å²) < 4.78 is 25.4. The minimum absolute atomic E-state index is 0.0146. The lowest BCUT2D eigenvalue weighted by Gasteiger charge is -2.22. The van der Waals surface area contributed by atoms with Crippen LogP contribution in [0, 0.1) is 5.82 Å². The molecule has 0 spiro atoms. The van der Waals surface area contributed by atoms with Crippen molar-refractivity contribution in [1.29, 1.82) is 0 Å². The van der Waals surface area contributed by atoms with Crippen molar-refractivity contribution >= 4 is 52.0 Å². The molecule has 0 unspecified atom stereocenters. The molecule has 0 radical (unpaired) electrons. The lowest BCUT2D eigenvalue weighted by molar-refractivity contribution is 0.0635. The molecule has 12 heteroatoms. The van der Waals surface area contributed by atoms with E-state index >= 15 is 0 Å². The van der Waals surface area contributed by atoms with E-state index in [-0.39, 0.29) is 21.9 Å². The molecular formula is C21H24ClFN6O3S. The number of thioether (sulfide) groups is 1. The first kappa shape index (κ1) is 24.7. The van der Waals surface area contributed by atoms with Gasteiger partial charge in [-0.15, -0.1) is 0 Å². The van der Waals surface area contributed by atoms with Gasteiger partial charge >= 0.3 is 6.09 Å². The van der Waals surface area contributed by atoms with Crippen molar-refractivity contribution in [3.8, 4) is 5.88 Å². The molecule has 0 aromatic carbocycles. The fourth-order valence-electron chi connectivity index (χ4n) is 2.99. The summed E-state index contributed by atoms with van der Waals surface area (Å²) in [5.41, 5.74) is -0.0207. The molecule has 176 valence electrons. The minimum atomic E-state index is -0.769. The van der Waals surface area contributed by atoms with Gasteiger partial charge in [0, 0.05) is 11.8 Å². The number of hydrogen-bond donors (Lipinski definition) is 2. The SMILES string of the molecule is COc1nc(Cl)c(F)c2nc(SC)nc(N[C@H](C)c3cccnc3NC(=O)OC(C)(C)C)c12. The fourth-order valence-corrected chi connectivity index (χ4v) is 3.52. The van der Waals surface area contributed by atoms with Crippen molar-refractivity contribution in [2.45, 2.75) is 44.5 Å². The Morgan fingerprint density at radius 3 is 2.61 bits per heavy atom. The molecule has 3 heterocycles. The average molecular weight is 495 g/mol. The highest BCUT2D eigenvalue weighted by atomic mass is 35.5. The number of ether oxygens (including phenoxy) is 2. The largest absolute Gasteiger partial charge is 0.480 e. The number of methoxy groups -OCH3 is 1. The molecule has 0 bridgehead atoms. The van der Waals surface area contributed by atoms with Gasteiger partial charge in [0.25, 0.3) is 0 Å². The Bertz CT molecular complexity index is 1190. The van der Waals surface area contributed by atoms with Crippen molar-refractivity contribution in [3.63, 3.8) is 0 Å². The molecular weight excluding hydrogens is 471 g/mol. The lowest BCUT2D eigenvalue weighted by atomic mass is 10.1. The van der Waals surface area contributed by atoms with Crippen molar-refractivity contribution in [2.24, 2.45) is 0 Å². The van der Waals surface area contributed by atoms with E-state index in [1.54, 1.807) is 45.4 Å². The van der Waals surface area contributed by atoms with Gasteiger partial charge in [-0.25, -0.2) is 24.1 Å². The first-order valence-corrected chi connectivity index (χ1v) is 11.5. The number of halogens is 2. The van der Waals surface area contributed by atoms with Crippen LogP contribution in [0.25, 0.3) is 10.9 Å². The molecule has 2 N–H and O–H groups in total. The minimum Gasteiger partial charge on any atom is -0.480 e. The molecule has 3 aromatic heterocycles. The molecule has 0 aliphatic rings. The second-order valence-electron chi connectivity index (χ2n) is 7.94. The number of fused-ring (bicyclic) bond motifs is 1. The third kappa shape index (κ3) is 5.72. The molecule has 33 heavy (non-hydrogen) atoms. The maximum atomic E-state index is 14.8. The van der Waals surface area contributed by atoms with Gasteiger partial charge in [0.05, 0.1) is 13.2 Å². The predicted octanol–water partition coefficient (Wildman–Crippen LogP) is 5.46. The van der Waals surface area contributed by atoms with Gasteiger partial charge in [-0.3, -0.25) is 5.32 Å². The van der Waals surface area contributed by atoms with Crippen LogP contribution < -0.4 is 15.4 Å². The Labute approximate surface area is 199 Å². The summed E-state index contributed by atoms with van der Waals surface area (Å²) in [6.07, 6.45) is 2.70. The van der Waals surface area contributed by atoms with Gasteiger partial charge in [-0.05, 0) is 40.0 Å². The van der Waals surface area contributed by atoms with Gasteiger partial charge in [-0.1, -0.05) is 29.4 Å². The summed E-state index contributed by atoms with van der Waals surface area (Å²) >= 11 is 7.17. The van der Waals surface area contributed by atoms with Crippen LogP contribution in [-0.2, 0) is 4.74 Å². The Morgan fingerprint density at radius 1 is 1.24 bits per heavy atom. The van der Waals surface area contributed by atoms with Crippen molar-refractivity contribution in [2.75, 3.05) is 24.0 Å². The van der Waals surface area contributed by atoms with E-state index in [1.165, 1.54) is 18.9 Å². The van der Waals surface area contributed by atoms with Crippen LogP contribution in [0.4, 0.5) is 20.8 Å². The Kier molecular flexibility index (Phi) is 7.43. The molecule has 0 fully saturated rings. The van der Waals surface area contributed by atoms with Gasteiger partial charge in [-0.2, -0.15) is 4.98 Å². The summed E-state index contributed by atoms with van der Waals surface area (Å²) in [5.74, 6) is -0.0788. The molecule has 0 saturated heterocycles. The number of anilines is 2. The Balaban J connectivity index is 2.02. The second-order valence-corrected chi connectivity index (χ2v) is 9.07. The van der Waals surface area contributed by atoms with Crippen LogP contribution in [0.3, 0.4) is 0 Å². The number of nitrogens with one attached hydrogen (secondary N) is 2. The molecule has 3 aromatic rings. The van der Waals surface area contributed by atoms with Crippen LogP contribution in [0.1, 0.15) is 39.3 Å².